The molecular formula is C45H43FN6O6. The molecule has 4 amide bonds. The van der Waals surface area contributed by atoms with Crippen molar-refractivity contribution >= 4 is 35.4 Å². The first-order chi connectivity index (χ1) is 27.4. The number of nitrogens with zero attached hydrogens (tertiary/aromatic N) is 1. The van der Waals surface area contributed by atoms with Crippen molar-refractivity contribution in [3.63, 3.8) is 0 Å². The Balaban J connectivity index is 0.000000192. The largest absolute Gasteiger partial charge is 0.436 e. The third kappa shape index (κ3) is 8.89. The number of cyclic esters (lactones) is 2. The third-order valence-corrected chi connectivity index (χ3v) is 9.80. The SMILES string of the molecule is C.C[C@]1(CNC(=O)c2ccc(F)cc2)OC(=O)Nc2ccc(-c3ccn[nH]3)cc21.Cc1ccc(C(=O)NCC2(C)OC(=O)Nc3ccc(-c4ccccc4)cc32)cc1. The topological polar surface area (TPSA) is 164 Å². The van der Waals surface area contributed by atoms with Crippen molar-refractivity contribution in [2.75, 3.05) is 23.7 Å². The highest BCUT2D eigenvalue weighted by Crippen LogP contribution is 2.39. The Labute approximate surface area is 335 Å². The number of aromatic nitrogens is 2. The van der Waals surface area contributed by atoms with E-state index in [0.717, 1.165) is 39.1 Å². The molecule has 12 nitrogen and oxygen atoms in total. The van der Waals surface area contributed by atoms with Crippen molar-refractivity contribution in [2.45, 2.75) is 39.4 Å². The lowest BCUT2D eigenvalue weighted by Crippen LogP contribution is -2.46. The van der Waals surface area contributed by atoms with Crippen molar-refractivity contribution in [2.24, 2.45) is 0 Å². The van der Waals surface area contributed by atoms with Gasteiger partial charge in [0.25, 0.3) is 11.8 Å². The Bertz CT molecular complexity index is 2440. The molecule has 5 N–H and O–H groups in total. The van der Waals surface area contributed by atoms with E-state index < -0.39 is 29.2 Å². The van der Waals surface area contributed by atoms with Gasteiger partial charge in [0.05, 0.1) is 30.2 Å². The zero-order chi connectivity index (χ0) is 40.2. The molecule has 1 aromatic heterocycles. The molecule has 2 atom stereocenters. The van der Waals surface area contributed by atoms with E-state index in [4.69, 9.17) is 9.47 Å². The summed E-state index contributed by atoms with van der Waals surface area (Å²) in [6.45, 7) is 5.73. The molecular weight excluding hydrogens is 740 g/mol. The summed E-state index contributed by atoms with van der Waals surface area (Å²) in [6, 6.07) is 35.7. The first kappa shape index (κ1) is 40.4. The van der Waals surface area contributed by atoms with E-state index >= 15 is 0 Å². The van der Waals surface area contributed by atoms with Gasteiger partial charge in [0.2, 0.25) is 0 Å². The molecule has 6 aromatic rings. The van der Waals surface area contributed by atoms with Gasteiger partial charge >= 0.3 is 12.2 Å². The van der Waals surface area contributed by atoms with E-state index in [2.05, 4.69) is 31.5 Å². The lowest BCUT2D eigenvalue weighted by molar-refractivity contribution is 0.0258. The number of amides is 4. The van der Waals surface area contributed by atoms with Crippen molar-refractivity contribution in [3.8, 4) is 22.4 Å². The fraction of sp³-hybridized carbons (Fsp3) is 0.178. The monoisotopic (exact) mass is 782 g/mol. The van der Waals surface area contributed by atoms with Crippen molar-refractivity contribution in [1.82, 2.24) is 20.8 Å². The number of halogens is 1. The molecule has 1 unspecified atom stereocenters. The Morgan fingerprint density at radius 2 is 1.16 bits per heavy atom. The van der Waals surface area contributed by atoms with E-state index in [1.807, 2.05) is 92.7 Å². The highest BCUT2D eigenvalue weighted by atomic mass is 19.1. The van der Waals surface area contributed by atoms with Gasteiger partial charge in [0.1, 0.15) is 5.82 Å². The van der Waals surface area contributed by atoms with Gasteiger partial charge < -0.3 is 20.1 Å². The van der Waals surface area contributed by atoms with Crippen LogP contribution in [0.15, 0.2) is 128 Å². The van der Waals surface area contributed by atoms with E-state index in [-0.39, 0.29) is 32.3 Å². The summed E-state index contributed by atoms with van der Waals surface area (Å²) in [4.78, 5) is 49.0. The average molecular weight is 783 g/mol. The van der Waals surface area contributed by atoms with Crippen LogP contribution in [0.1, 0.15) is 58.7 Å². The van der Waals surface area contributed by atoms with Crippen LogP contribution in [0.25, 0.3) is 22.4 Å². The maximum Gasteiger partial charge on any atom is 0.412 e. The Morgan fingerprint density at radius 1 is 0.655 bits per heavy atom. The summed E-state index contributed by atoms with van der Waals surface area (Å²) in [6.07, 6.45) is 0.521. The maximum atomic E-state index is 13.0. The van der Waals surface area contributed by atoms with Crippen molar-refractivity contribution in [1.29, 1.82) is 0 Å². The highest BCUT2D eigenvalue weighted by molar-refractivity contribution is 5.95. The van der Waals surface area contributed by atoms with Crippen molar-refractivity contribution in [3.05, 3.63) is 161 Å². The average Bonchev–Trinajstić information content (AvgIpc) is 3.76. The van der Waals surface area contributed by atoms with Crippen LogP contribution >= 0.6 is 0 Å². The molecule has 0 aliphatic carbocycles. The molecule has 0 bridgehead atoms. The summed E-state index contributed by atoms with van der Waals surface area (Å²) in [7, 11) is 0. The molecule has 2 aliphatic rings. The van der Waals surface area contributed by atoms with Crippen LogP contribution in [0.3, 0.4) is 0 Å². The summed E-state index contributed by atoms with van der Waals surface area (Å²) in [5.41, 5.74) is 6.51. The number of aryl methyl sites for hydroxylation is 1. The number of fused-ring (bicyclic) bond motifs is 2. The van der Waals surface area contributed by atoms with E-state index in [1.54, 1.807) is 31.3 Å². The van der Waals surface area contributed by atoms with Crippen LogP contribution in [-0.4, -0.2) is 47.3 Å². The van der Waals surface area contributed by atoms with Gasteiger partial charge in [0.15, 0.2) is 11.2 Å². The van der Waals surface area contributed by atoms with Gasteiger partial charge in [-0.1, -0.05) is 67.6 Å². The molecule has 5 aromatic carbocycles. The summed E-state index contributed by atoms with van der Waals surface area (Å²) >= 11 is 0. The number of carbonyl (C=O) groups is 4. The van der Waals surface area contributed by atoms with E-state index in [9.17, 15) is 23.6 Å². The second kappa shape index (κ2) is 16.8. The Morgan fingerprint density at radius 3 is 1.67 bits per heavy atom. The number of H-pyrrole nitrogens is 1. The smallest absolute Gasteiger partial charge is 0.412 e. The minimum Gasteiger partial charge on any atom is -0.436 e. The minimum absolute atomic E-state index is 0. The van der Waals surface area contributed by atoms with Gasteiger partial charge in [-0.05, 0) is 98.6 Å². The number of hydrogen-bond donors (Lipinski definition) is 5. The number of rotatable bonds is 8. The fourth-order valence-corrected chi connectivity index (χ4v) is 6.64. The molecule has 0 spiro atoms. The molecule has 0 radical (unpaired) electrons. The zero-order valence-corrected chi connectivity index (χ0v) is 31.3. The minimum atomic E-state index is -1.08. The molecule has 13 heteroatoms. The molecule has 8 rings (SSSR count). The molecule has 3 heterocycles. The lowest BCUT2D eigenvalue weighted by Gasteiger charge is -2.36. The molecule has 58 heavy (non-hydrogen) atoms. The molecule has 296 valence electrons. The summed E-state index contributed by atoms with van der Waals surface area (Å²) in [5, 5.41) is 17.9. The summed E-state index contributed by atoms with van der Waals surface area (Å²) < 4.78 is 24.2. The second-order valence-electron chi connectivity index (χ2n) is 14.1. The van der Waals surface area contributed by atoms with Gasteiger partial charge in [-0.2, -0.15) is 5.10 Å². The first-order valence-electron chi connectivity index (χ1n) is 18.1. The highest BCUT2D eigenvalue weighted by Gasteiger charge is 2.40. The normalized spacial score (nSPS) is 17.5. The maximum absolute atomic E-state index is 13.0. The van der Waals surface area contributed by atoms with Crippen LogP contribution in [0, 0.1) is 12.7 Å². The standard InChI is InChI=1S/C24H22N2O3.C20H17FN4O3.CH4/c1-16-8-10-18(11-9-16)22(27)25-15-24(2)20-14-19(17-6-4-3-5-7-17)12-13-21(20)26-23(28)29-24;1-20(11-22-18(26)12-2-5-14(21)6-3-12)15-10-13(16-8-9-23-25-16)4-7-17(15)24-19(27)28-20;/h3-14H,15H2,1-2H3,(H,25,27)(H,26,28);2-10H,11H2,1H3,(H,22,26)(H,23,25)(H,24,27);1H4/t;20-;/m.1./s1. The molecule has 0 saturated carbocycles. The number of nitrogens with one attached hydrogen (secondary N) is 5. The first-order valence-corrected chi connectivity index (χ1v) is 18.1. The van der Waals surface area contributed by atoms with Crippen LogP contribution in [0.2, 0.25) is 0 Å². The Kier molecular flexibility index (Phi) is 11.7. The van der Waals surface area contributed by atoms with Gasteiger partial charge in [-0.3, -0.25) is 25.3 Å². The molecule has 0 fully saturated rings. The fourth-order valence-electron chi connectivity index (χ4n) is 6.64. The number of benzene rings is 5. The second-order valence-corrected chi connectivity index (χ2v) is 14.1. The number of hydrogen-bond acceptors (Lipinski definition) is 7. The lowest BCUT2D eigenvalue weighted by atomic mass is 9.89. The number of anilines is 2. The van der Waals surface area contributed by atoms with Gasteiger partial charge in [-0.25, -0.2) is 14.0 Å². The van der Waals surface area contributed by atoms with Crippen LogP contribution < -0.4 is 21.3 Å². The van der Waals surface area contributed by atoms with Gasteiger partial charge in [0, 0.05) is 34.0 Å². The zero-order valence-electron chi connectivity index (χ0n) is 31.3. The number of carbonyl (C=O) groups excluding carboxylic acids is 4. The quantitative estimate of drug-likeness (QED) is 0.103. The van der Waals surface area contributed by atoms with Crippen LogP contribution in [-0.2, 0) is 20.7 Å². The van der Waals surface area contributed by atoms with Crippen LogP contribution in [0.4, 0.5) is 25.4 Å². The van der Waals surface area contributed by atoms with E-state index in [0.29, 0.717) is 22.5 Å². The predicted octanol–water partition coefficient (Wildman–Crippen LogP) is 8.93. The van der Waals surface area contributed by atoms with E-state index in [1.165, 1.54) is 24.3 Å². The number of aromatic amines is 1. The van der Waals surface area contributed by atoms with Gasteiger partial charge in [-0.15, -0.1) is 0 Å². The predicted molar refractivity (Wildman–Crippen MR) is 220 cm³/mol. The molecule has 2 aliphatic heterocycles. The Hall–Kier alpha value is -7.28. The van der Waals surface area contributed by atoms with Crippen LogP contribution in [0.5, 0.6) is 0 Å². The van der Waals surface area contributed by atoms with Crippen molar-refractivity contribution < 1.29 is 33.0 Å². The number of ether oxygens (including phenoxy) is 2. The molecule has 0 saturated heterocycles. The third-order valence-electron chi connectivity index (χ3n) is 9.80. The summed E-state index contributed by atoms with van der Waals surface area (Å²) in [5.74, 6) is -1.01.